The van der Waals surface area contributed by atoms with Crippen molar-refractivity contribution in [1.29, 1.82) is 0 Å². The highest BCUT2D eigenvalue weighted by Gasteiger charge is 2.25. The molecule has 134 valence electrons. The SMILES string of the molecule is Cc1cc(C)cc(-c2nnc(SCC(=O)N3C[C@H](C)C[C@H](C)C3)o2)c1. The smallest absolute Gasteiger partial charge is 0.277 e. The molecule has 3 rings (SSSR count). The van der Waals surface area contributed by atoms with Crippen LogP contribution in [0.1, 0.15) is 31.4 Å². The second-order valence-corrected chi connectivity index (χ2v) is 8.21. The van der Waals surface area contributed by atoms with E-state index in [1.54, 1.807) is 0 Å². The molecule has 2 aromatic rings. The lowest BCUT2D eigenvalue weighted by Crippen LogP contribution is -2.43. The Morgan fingerprint density at radius 3 is 2.44 bits per heavy atom. The topological polar surface area (TPSA) is 59.2 Å². The van der Waals surface area contributed by atoms with Crippen LogP contribution in [0.25, 0.3) is 11.5 Å². The van der Waals surface area contributed by atoms with Gasteiger partial charge in [0.15, 0.2) is 0 Å². The first kappa shape index (κ1) is 18.0. The summed E-state index contributed by atoms with van der Waals surface area (Å²) >= 11 is 1.32. The zero-order valence-electron chi connectivity index (χ0n) is 15.3. The molecule has 5 nitrogen and oxygen atoms in total. The molecular weight excluding hydrogens is 334 g/mol. The number of rotatable bonds is 4. The van der Waals surface area contributed by atoms with Crippen molar-refractivity contribution in [2.45, 2.75) is 39.3 Å². The van der Waals surface area contributed by atoms with Gasteiger partial charge in [0.25, 0.3) is 5.22 Å². The Morgan fingerprint density at radius 2 is 1.80 bits per heavy atom. The van der Waals surface area contributed by atoms with Crippen LogP contribution in [0, 0.1) is 25.7 Å². The van der Waals surface area contributed by atoms with Crippen LogP contribution >= 0.6 is 11.8 Å². The van der Waals surface area contributed by atoms with Gasteiger partial charge in [0, 0.05) is 18.7 Å². The van der Waals surface area contributed by atoms with Gasteiger partial charge in [-0.2, -0.15) is 0 Å². The van der Waals surface area contributed by atoms with Crippen molar-refractivity contribution in [2.75, 3.05) is 18.8 Å². The van der Waals surface area contributed by atoms with Crippen LogP contribution in [-0.4, -0.2) is 39.8 Å². The van der Waals surface area contributed by atoms with Gasteiger partial charge in [-0.15, -0.1) is 10.2 Å². The van der Waals surface area contributed by atoms with Gasteiger partial charge in [0.2, 0.25) is 11.8 Å². The molecule has 6 heteroatoms. The Bertz CT molecular complexity index is 729. The number of benzene rings is 1. The summed E-state index contributed by atoms with van der Waals surface area (Å²) in [7, 11) is 0. The molecule has 0 aliphatic carbocycles. The molecule has 25 heavy (non-hydrogen) atoms. The summed E-state index contributed by atoms with van der Waals surface area (Å²) in [4.78, 5) is 14.4. The van der Waals surface area contributed by atoms with E-state index in [4.69, 9.17) is 4.42 Å². The average molecular weight is 359 g/mol. The zero-order valence-corrected chi connectivity index (χ0v) is 16.1. The average Bonchev–Trinajstić information content (AvgIpc) is 2.99. The van der Waals surface area contributed by atoms with Crippen LogP contribution in [-0.2, 0) is 4.79 Å². The third kappa shape index (κ3) is 4.63. The molecule has 1 aliphatic rings. The van der Waals surface area contributed by atoms with E-state index in [9.17, 15) is 4.79 Å². The van der Waals surface area contributed by atoms with E-state index in [0.29, 0.717) is 28.7 Å². The number of piperidine rings is 1. The minimum Gasteiger partial charge on any atom is -0.411 e. The number of hydrogen-bond acceptors (Lipinski definition) is 5. The lowest BCUT2D eigenvalue weighted by atomic mass is 9.92. The predicted molar refractivity (Wildman–Crippen MR) is 99.5 cm³/mol. The lowest BCUT2D eigenvalue weighted by molar-refractivity contribution is -0.130. The number of nitrogens with zero attached hydrogens (tertiary/aromatic N) is 3. The second-order valence-electron chi connectivity index (χ2n) is 7.28. The molecule has 0 unspecified atom stereocenters. The molecule has 2 heterocycles. The summed E-state index contributed by atoms with van der Waals surface area (Å²) < 4.78 is 5.73. The second kappa shape index (κ2) is 7.60. The van der Waals surface area contributed by atoms with Crippen LogP contribution < -0.4 is 0 Å². The van der Waals surface area contributed by atoms with Crippen molar-refractivity contribution in [3.8, 4) is 11.5 Å². The summed E-state index contributed by atoms with van der Waals surface area (Å²) in [5.74, 6) is 2.12. The molecule has 1 aromatic carbocycles. The van der Waals surface area contributed by atoms with E-state index in [0.717, 1.165) is 29.8 Å². The molecule has 1 amide bonds. The Kier molecular flexibility index (Phi) is 5.47. The van der Waals surface area contributed by atoms with E-state index in [-0.39, 0.29) is 5.91 Å². The van der Waals surface area contributed by atoms with Gasteiger partial charge in [-0.25, -0.2) is 0 Å². The molecule has 0 saturated carbocycles. The number of thioether (sulfide) groups is 1. The number of amides is 1. The molecular formula is C19H25N3O2S. The van der Waals surface area contributed by atoms with Crippen LogP contribution in [0.2, 0.25) is 0 Å². The summed E-state index contributed by atoms with van der Waals surface area (Å²) in [5.41, 5.74) is 3.23. The lowest BCUT2D eigenvalue weighted by Gasteiger charge is -2.34. The normalized spacial score (nSPS) is 20.7. The molecule has 2 atom stereocenters. The highest BCUT2D eigenvalue weighted by molar-refractivity contribution is 7.99. The number of carbonyl (C=O) groups excluding carboxylic acids is 1. The van der Waals surface area contributed by atoms with Crippen molar-refractivity contribution in [2.24, 2.45) is 11.8 Å². The molecule has 0 radical (unpaired) electrons. The Hall–Kier alpha value is -1.82. The number of likely N-dealkylation sites (tertiary alicyclic amines) is 1. The first-order valence-corrected chi connectivity index (χ1v) is 9.72. The van der Waals surface area contributed by atoms with Gasteiger partial charge in [-0.1, -0.05) is 42.8 Å². The van der Waals surface area contributed by atoms with E-state index in [2.05, 4.69) is 30.1 Å². The van der Waals surface area contributed by atoms with Crippen molar-refractivity contribution < 1.29 is 9.21 Å². The molecule has 1 fully saturated rings. The Labute approximate surface area is 153 Å². The Balaban J connectivity index is 1.61. The van der Waals surface area contributed by atoms with Crippen molar-refractivity contribution in [3.05, 3.63) is 29.3 Å². The highest BCUT2D eigenvalue weighted by atomic mass is 32.2. The molecule has 1 aromatic heterocycles. The van der Waals surface area contributed by atoms with Gasteiger partial charge in [-0.05, 0) is 44.2 Å². The quantitative estimate of drug-likeness (QED) is 0.774. The minimum atomic E-state index is 0.148. The van der Waals surface area contributed by atoms with Gasteiger partial charge >= 0.3 is 0 Å². The van der Waals surface area contributed by atoms with Gasteiger partial charge < -0.3 is 9.32 Å². The van der Waals surface area contributed by atoms with Crippen LogP contribution in [0.5, 0.6) is 0 Å². The summed E-state index contributed by atoms with van der Waals surface area (Å²) in [5, 5.41) is 8.64. The van der Waals surface area contributed by atoms with Crippen molar-refractivity contribution in [1.82, 2.24) is 15.1 Å². The Morgan fingerprint density at radius 1 is 1.16 bits per heavy atom. The summed E-state index contributed by atoms with van der Waals surface area (Å²) in [6.45, 7) is 10.2. The maximum Gasteiger partial charge on any atom is 0.277 e. The fourth-order valence-corrected chi connectivity index (χ4v) is 4.23. The van der Waals surface area contributed by atoms with E-state index in [1.165, 1.54) is 18.2 Å². The van der Waals surface area contributed by atoms with E-state index < -0.39 is 0 Å². The third-order valence-corrected chi connectivity index (χ3v) is 5.22. The zero-order chi connectivity index (χ0) is 18.0. The largest absolute Gasteiger partial charge is 0.411 e. The summed E-state index contributed by atoms with van der Waals surface area (Å²) in [6.07, 6.45) is 1.19. The number of aryl methyl sites for hydroxylation is 2. The maximum absolute atomic E-state index is 12.4. The molecule has 0 bridgehead atoms. The molecule has 1 saturated heterocycles. The van der Waals surface area contributed by atoms with Crippen LogP contribution in [0.15, 0.2) is 27.8 Å². The van der Waals surface area contributed by atoms with Gasteiger partial charge in [0.1, 0.15) is 0 Å². The van der Waals surface area contributed by atoms with E-state index in [1.807, 2.05) is 30.9 Å². The van der Waals surface area contributed by atoms with Crippen LogP contribution in [0.3, 0.4) is 0 Å². The van der Waals surface area contributed by atoms with Crippen molar-refractivity contribution >= 4 is 17.7 Å². The maximum atomic E-state index is 12.4. The first-order chi connectivity index (χ1) is 11.9. The van der Waals surface area contributed by atoms with Crippen molar-refractivity contribution in [3.63, 3.8) is 0 Å². The predicted octanol–water partition coefficient (Wildman–Crippen LogP) is 3.95. The van der Waals surface area contributed by atoms with E-state index >= 15 is 0 Å². The minimum absolute atomic E-state index is 0.148. The fraction of sp³-hybridized carbons (Fsp3) is 0.526. The number of carbonyl (C=O) groups is 1. The summed E-state index contributed by atoms with van der Waals surface area (Å²) in [6, 6.07) is 6.15. The first-order valence-electron chi connectivity index (χ1n) is 8.73. The molecule has 0 N–H and O–H groups in total. The third-order valence-electron chi connectivity index (χ3n) is 4.42. The number of hydrogen-bond donors (Lipinski definition) is 0. The highest BCUT2D eigenvalue weighted by Crippen LogP contribution is 2.26. The van der Waals surface area contributed by atoms with Gasteiger partial charge in [-0.3, -0.25) is 4.79 Å². The standard InChI is InChI=1S/C19H25N3O2S/c1-12-5-13(2)8-16(7-12)18-20-21-19(24-18)25-11-17(23)22-9-14(3)6-15(4)10-22/h5,7-8,14-15H,6,9-11H2,1-4H3/t14-,15+. The molecule has 1 aliphatic heterocycles. The van der Waals surface area contributed by atoms with Crippen LogP contribution in [0.4, 0.5) is 0 Å². The fourth-order valence-electron chi connectivity index (χ4n) is 3.56. The van der Waals surface area contributed by atoms with Gasteiger partial charge in [0.05, 0.1) is 5.75 Å². The molecule has 0 spiro atoms. The monoisotopic (exact) mass is 359 g/mol. The number of aromatic nitrogens is 2.